The maximum absolute atomic E-state index is 13.0. The maximum Gasteiger partial charge on any atom is 0.380 e. The maximum atomic E-state index is 13.0. The van der Waals surface area contributed by atoms with E-state index >= 15 is 0 Å². The Bertz CT molecular complexity index is 722. The average molecular weight is 313 g/mol. The zero-order valence-electron chi connectivity index (χ0n) is 13.8. The van der Waals surface area contributed by atoms with Crippen molar-refractivity contribution in [1.29, 1.82) is 0 Å². The predicted molar refractivity (Wildman–Crippen MR) is 92.9 cm³/mol. The van der Waals surface area contributed by atoms with Gasteiger partial charge in [0.1, 0.15) is 0 Å². The zero-order chi connectivity index (χ0) is 16.4. The Morgan fingerprint density at radius 1 is 1.00 bits per heavy atom. The third-order valence-electron chi connectivity index (χ3n) is 3.76. The molecule has 0 saturated heterocycles. The molecule has 0 fully saturated rings. The molecule has 2 aromatic rings. The van der Waals surface area contributed by atoms with Crippen LogP contribution in [0.2, 0.25) is 0 Å². The number of hydrogen-bond donors (Lipinski definition) is 0. The van der Waals surface area contributed by atoms with E-state index in [0.717, 1.165) is 22.3 Å². The van der Waals surface area contributed by atoms with Gasteiger partial charge in [0.25, 0.3) is 0 Å². The third kappa shape index (κ3) is 3.18. The van der Waals surface area contributed by atoms with Crippen LogP contribution in [0.25, 0.3) is 0 Å². The molecule has 0 aliphatic heterocycles. The Labute approximate surface area is 133 Å². The summed E-state index contributed by atoms with van der Waals surface area (Å²) >= 11 is 0. The van der Waals surface area contributed by atoms with Crippen LogP contribution in [0.5, 0.6) is 0 Å². The van der Waals surface area contributed by atoms with Gasteiger partial charge < -0.3 is 0 Å². The first-order chi connectivity index (χ1) is 10.3. The van der Waals surface area contributed by atoms with E-state index in [9.17, 15) is 9.36 Å². The van der Waals surface area contributed by atoms with Gasteiger partial charge in [-0.1, -0.05) is 34.4 Å². The first kappa shape index (κ1) is 16.6. The highest BCUT2D eigenvalue weighted by atomic mass is 31.1. The van der Waals surface area contributed by atoms with Crippen molar-refractivity contribution in [3.05, 3.63) is 64.2 Å². The lowest BCUT2D eigenvalue weighted by molar-refractivity contribution is 0.103. The second kappa shape index (κ2) is 6.54. The van der Waals surface area contributed by atoms with Crippen molar-refractivity contribution in [3.63, 3.8) is 0 Å². The van der Waals surface area contributed by atoms with E-state index in [0.29, 0.717) is 10.9 Å². The molecule has 1 atom stereocenters. The van der Waals surface area contributed by atoms with Crippen molar-refractivity contribution in [2.24, 2.45) is 0 Å². The standard InChI is InChI=1S/C19H22O2P/c1-12(2)22(21)17-9-7-6-8-16(17)19(20)18-14(4)10-13(3)11-15(18)5/h6-12H,1-5H3/q+1. The van der Waals surface area contributed by atoms with Gasteiger partial charge in [-0.05, 0) is 57.9 Å². The molecule has 114 valence electrons. The highest BCUT2D eigenvalue weighted by Gasteiger charge is 2.31. The normalized spacial score (nSPS) is 11.6. The van der Waals surface area contributed by atoms with E-state index in [1.165, 1.54) is 0 Å². The summed E-state index contributed by atoms with van der Waals surface area (Å²) in [4.78, 5) is 13.0. The van der Waals surface area contributed by atoms with Crippen molar-refractivity contribution in [3.8, 4) is 0 Å². The number of ketones is 1. The van der Waals surface area contributed by atoms with E-state index in [2.05, 4.69) is 0 Å². The number of aryl methyl sites for hydroxylation is 3. The second-order valence-electron chi connectivity index (χ2n) is 6.04. The zero-order valence-corrected chi connectivity index (χ0v) is 14.7. The van der Waals surface area contributed by atoms with Gasteiger partial charge in [-0.25, -0.2) is 0 Å². The Balaban J connectivity index is 2.59. The fourth-order valence-electron chi connectivity index (χ4n) is 2.81. The summed E-state index contributed by atoms with van der Waals surface area (Å²) in [6.07, 6.45) is 0. The lowest BCUT2D eigenvalue weighted by atomic mass is 9.93. The predicted octanol–water partition coefficient (Wildman–Crippen LogP) is 4.70. The molecule has 3 heteroatoms. The van der Waals surface area contributed by atoms with Crippen LogP contribution in [-0.2, 0) is 4.57 Å². The van der Waals surface area contributed by atoms with Crippen molar-refractivity contribution in [2.45, 2.75) is 40.3 Å². The summed E-state index contributed by atoms with van der Waals surface area (Å²) < 4.78 is 12.5. The molecule has 0 amide bonds. The molecule has 0 aliphatic rings. The van der Waals surface area contributed by atoms with Crippen molar-refractivity contribution < 1.29 is 9.36 Å². The van der Waals surface area contributed by atoms with Gasteiger partial charge in [-0.2, -0.15) is 0 Å². The van der Waals surface area contributed by atoms with E-state index in [4.69, 9.17) is 0 Å². The number of benzene rings is 2. The van der Waals surface area contributed by atoms with E-state index in [1.807, 2.05) is 65.0 Å². The topological polar surface area (TPSA) is 34.1 Å². The number of rotatable bonds is 4. The minimum atomic E-state index is -1.57. The average Bonchev–Trinajstić information content (AvgIpc) is 2.45. The minimum Gasteiger partial charge on any atom is -0.288 e. The van der Waals surface area contributed by atoms with Crippen molar-refractivity contribution in [2.75, 3.05) is 0 Å². The summed E-state index contributed by atoms with van der Waals surface area (Å²) in [5.41, 5.74) is 4.39. The molecule has 0 radical (unpaired) electrons. The molecule has 2 nitrogen and oxygen atoms in total. The first-order valence-corrected chi connectivity index (χ1v) is 8.83. The second-order valence-corrected chi connectivity index (χ2v) is 8.21. The monoisotopic (exact) mass is 313 g/mol. The van der Waals surface area contributed by atoms with Gasteiger partial charge in [-0.15, -0.1) is 0 Å². The fraction of sp³-hybridized carbons (Fsp3) is 0.316. The Hall–Kier alpha value is -1.79. The number of carbonyl (C=O) groups excluding carboxylic acids is 1. The number of carbonyl (C=O) groups is 1. The molecule has 2 rings (SSSR count). The summed E-state index contributed by atoms with van der Waals surface area (Å²) in [5, 5.41) is 0.664. The van der Waals surface area contributed by atoms with Gasteiger partial charge in [0, 0.05) is 5.56 Å². The fourth-order valence-corrected chi connectivity index (χ4v) is 4.01. The van der Waals surface area contributed by atoms with Crippen LogP contribution >= 0.6 is 7.80 Å². The van der Waals surface area contributed by atoms with Crippen LogP contribution in [0.15, 0.2) is 36.4 Å². The number of hydrogen-bond acceptors (Lipinski definition) is 2. The first-order valence-electron chi connectivity index (χ1n) is 7.51. The summed E-state index contributed by atoms with van der Waals surface area (Å²) in [6.45, 7) is 9.78. The third-order valence-corrected chi connectivity index (χ3v) is 5.56. The van der Waals surface area contributed by atoms with Gasteiger partial charge in [0.2, 0.25) is 5.30 Å². The molecule has 0 bridgehead atoms. The van der Waals surface area contributed by atoms with Crippen LogP contribution in [0.3, 0.4) is 0 Å². The summed E-state index contributed by atoms with van der Waals surface area (Å²) in [5.74, 6) is -0.0328. The molecule has 1 unspecified atom stereocenters. The Morgan fingerprint density at radius 3 is 2.09 bits per heavy atom. The van der Waals surface area contributed by atoms with Crippen molar-refractivity contribution >= 4 is 18.9 Å². The molecular weight excluding hydrogens is 291 g/mol. The molecule has 0 saturated carbocycles. The lowest BCUT2D eigenvalue weighted by Crippen LogP contribution is -2.17. The van der Waals surface area contributed by atoms with E-state index in [1.54, 1.807) is 6.07 Å². The minimum absolute atomic E-state index is 0.0177. The molecule has 0 aliphatic carbocycles. The highest BCUT2D eigenvalue weighted by molar-refractivity contribution is 7.54. The SMILES string of the molecule is Cc1cc(C)c(C(=O)c2ccccc2[P+](=O)C(C)C)c(C)c1. The van der Waals surface area contributed by atoms with Gasteiger partial charge in [0.15, 0.2) is 11.4 Å². The van der Waals surface area contributed by atoms with Crippen LogP contribution in [-0.4, -0.2) is 11.4 Å². The van der Waals surface area contributed by atoms with Gasteiger partial charge in [-0.3, -0.25) is 4.79 Å². The van der Waals surface area contributed by atoms with Crippen molar-refractivity contribution in [1.82, 2.24) is 0 Å². The molecule has 0 aromatic heterocycles. The largest absolute Gasteiger partial charge is 0.380 e. The highest BCUT2D eigenvalue weighted by Crippen LogP contribution is 2.30. The Morgan fingerprint density at radius 2 is 1.55 bits per heavy atom. The van der Waals surface area contributed by atoms with E-state index < -0.39 is 7.80 Å². The summed E-state index contributed by atoms with van der Waals surface area (Å²) in [6, 6.07) is 11.3. The molecule has 22 heavy (non-hydrogen) atoms. The Kier molecular flexibility index (Phi) is 4.93. The smallest absolute Gasteiger partial charge is 0.288 e. The van der Waals surface area contributed by atoms with Crippen LogP contribution in [0.1, 0.15) is 46.5 Å². The lowest BCUT2D eigenvalue weighted by Gasteiger charge is -2.11. The van der Waals surface area contributed by atoms with Gasteiger partial charge >= 0.3 is 7.80 Å². The molecule has 0 heterocycles. The molecular formula is C19H22O2P+. The summed E-state index contributed by atoms with van der Waals surface area (Å²) in [7, 11) is -1.57. The van der Waals surface area contributed by atoms with Crippen LogP contribution in [0.4, 0.5) is 0 Å². The molecule has 2 aromatic carbocycles. The molecule has 0 N–H and O–H groups in total. The van der Waals surface area contributed by atoms with E-state index in [-0.39, 0.29) is 11.4 Å². The quantitative estimate of drug-likeness (QED) is 0.605. The van der Waals surface area contributed by atoms with Crippen LogP contribution in [0, 0.1) is 20.8 Å². The van der Waals surface area contributed by atoms with Crippen LogP contribution < -0.4 is 5.30 Å². The molecule has 0 spiro atoms. The van der Waals surface area contributed by atoms with Gasteiger partial charge in [0.05, 0.1) is 5.56 Å².